The van der Waals surface area contributed by atoms with Gasteiger partial charge in [-0.25, -0.2) is 15.0 Å². The van der Waals surface area contributed by atoms with Gasteiger partial charge in [-0.15, -0.1) is 0 Å². The van der Waals surface area contributed by atoms with Crippen molar-refractivity contribution < 1.29 is 4.79 Å². The second-order valence-corrected chi connectivity index (χ2v) is 6.51. The van der Waals surface area contributed by atoms with E-state index in [9.17, 15) is 4.79 Å². The summed E-state index contributed by atoms with van der Waals surface area (Å²) in [6.45, 7) is 7.51. The third-order valence-electron chi connectivity index (χ3n) is 3.68. The van der Waals surface area contributed by atoms with E-state index >= 15 is 0 Å². The molecule has 0 aliphatic carbocycles. The standard InChI is InChI=1S/C16H19N5O/c1-16(2,3)15-19-7-10-8-21(9-12(10)20-15)14-11(13(17)22)5-4-6-18-14/h4-7H,8-9H2,1-3H3,(H2,17,22). The summed E-state index contributed by atoms with van der Waals surface area (Å²) in [5, 5.41) is 0. The normalized spacial score (nSPS) is 14.0. The SMILES string of the molecule is CC(C)(C)c1ncc2c(n1)CN(c1ncccc1C(N)=O)C2. The van der Waals surface area contributed by atoms with Crippen molar-refractivity contribution in [3.05, 3.63) is 47.2 Å². The molecule has 2 aromatic rings. The second-order valence-electron chi connectivity index (χ2n) is 6.51. The Balaban J connectivity index is 1.94. The van der Waals surface area contributed by atoms with Crippen LogP contribution >= 0.6 is 0 Å². The lowest BCUT2D eigenvalue weighted by Gasteiger charge is -2.18. The lowest BCUT2D eigenvalue weighted by molar-refractivity contribution is 0.100. The maximum Gasteiger partial charge on any atom is 0.252 e. The lowest BCUT2D eigenvalue weighted by atomic mass is 9.95. The average molecular weight is 297 g/mol. The average Bonchev–Trinajstić information content (AvgIpc) is 2.89. The van der Waals surface area contributed by atoms with Gasteiger partial charge < -0.3 is 10.6 Å². The predicted octanol–water partition coefficient (Wildman–Crippen LogP) is 1.79. The molecule has 114 valence electrons. The van der Waals surface area contributed by atoms with Crippen molar-refractivity contribution in [3.63, 3.8) is 0 Å². The Morgan fingerprint density at radius 1 is 1.27 bits per heavy atom. The van der Waals surface area contributed by atoms with Crippen molar-refractivity contribution in [2.24, 2.45) is 5.73 Å². The molecule has 0 aromatic carbocycles. The van der Waals surface area contributed by atoms with Gasteiger partial charge in [0.25, 0.3) is 5.91 Å². The first-order valence-electron chi connectivity index (χ1n) is 7.21. The smallest absolute Gasteiger partial charge is 0.252 e. The Morgan fingerprint density at radius 3 is 2.73 bits per heavy atom. The van der Waals surface area contributed by atoms with Crippen molar-refractivity contribution >= 4 is 11.7 Å². The number of carbonyl (C=O) groups excluding carboxylic acids is 1. The van der Waals surface area contributed by atoms with E-state index < -0.39 is 5.91 Å². The third kappa shape index (κ3) is 2.52. The summed E-state index contributed by atoms with van der Waals surface area (Å²) < 4.78 is 0. The number of carbonyl (C=O) groups is 1. The summed E-state index contributed by atoms with van der Waals surface area (Å²) in [7, 11) is 0. The molecule has 0 spiro atoms. The third-order valence-corrected chi connectivity index (χ3v) is 3.68. The van der Waals surface area contributed by atoms with Crippen LogP contribution in [0.15, 0.2) is 24.5 Å². The van der Waals surface area contributed by atoms with E-state index in [0.717, 1.165) is 17.1 Å². The van der Waals surface area contributed by atoms with Crippen LogP contribution in [0.5, 0.6) is 0 Å². The highest BCUT2D eigenvalue weighted by Gasteiger charge is 2.27. The van der Waals surface area contributed by atoms with Crippen LogP contribution in [-0.4, -0.2) is 20.9 Å². The number of hydrogen-bond donors (Lipinski definition) is 1. The van der Waals surface area contributed by atoms with Gasteiger partial charge in [0.2, 0.25) is 0 Å². The Hall–Kier alpha value is -2.50. The number of anilines is 1. The van der Waals surface area contributed by atoms with E-state index in [1.165, 1.54) is 0 Å². The van der Waals surface area contributed by atoms with E-state index in [4.69, 9.17) is 5.73 Å². The van der Waals surface area contributed by atoms with Gasteiger partial charge >= 0.3 is 0 Å². The molecule has 1 amide bonds. The zero-order chi connectivity index (χ0) is 15.9. The Bertz CT molecular complexity index is 736. The quantitative estimate of drug-likeness (QED) is 0.913. The first-order chi connectivity index (χ1) is 10.4. The van der Waals surface area contributed by atoms with Gasteiger partial charge in [-0.1, -0.05) is 20.8 Å². The number of nitrogens with two attached hydrogens (primary N) is 1. The van der Waals surface area contributed by atoms with E-state index in [-0.39, 0.29) is 5.41 Å². The molecule has 2 aromatic heterocycles. The lowest BCUT2D eigenvalue weighted by Crippen LogP contribution is -2.22. The number of hydrogen-bond acceptors (Lipinski definition) is 5. The van der Waals surface area contributed by atoms with Gasteiger partial charge in [-0.3, -0.25) is 4.79 Å². The monoisotopic (exact) mass is 297 g/mol. The van der Waals surface area contributed by atoms with Crippen molar-refractivity contribution in [2.45, 2.75) is 39.3 Å². The van der Waals surface area contributed by atoms with Crippen molar-refractivity contribution in [1.29, 1.82) is 0 Å². The van der Waals surface area contributed by atoms with Gasteiger partial charge in [0.15, 0.2) is 0 Å². The molecule has 3 heterocycles. The minimum atomic E-state index is -0.472. The van der Waals surface area contributed by atoms with E-state index in [1.807, 2.05) is 11.1 Å². The van der Waals surface area contributed by atoms with Crippen LogP contribution in [0.2, 0.25) is 0 Å². The number of aromatic nitrogens is 3. The fraction of sp³-hybridized carbons (Fsp3) is 0.375. The Kier molecular flexibility index (Phi) is 3.31. The number of nitrogens with zero attached hydrogens (tertiary/aromatic N) is 4. The molecule has 0 atom stereocenters. The number of rotatable bonds is 2. The molecule has 3 rings (SSSR count). The minimum Gasteiger partial charge on any atom is -0.365 e. The molecule has 1 aliphatic rings. The molecule has 6 heteroatoms. The van der Waals surface area contributed by atoms with Crippen molar-refractivity contribution in [1.82, 2.24) is 15.0 Å². The second kappa shape index (κ2) is 5.05. The zero-order valence-corrected chi connectivity index (χ0v) is 13.0. The summed E-state index contributed by atoms with van der Waals surface area (Å²) in [5.74, 6) is 0.954. The molecule has 0 saturated heterocycles. The molecule has 0 radical (unpaired) electrons. The fourth-order valence-electron chi connectivity index (χ4n) is 2.51. The molecule has 2 N–H and O–H groups in total. The highest BCUT2D eigenvalue weighted by Crippen LogP contribution is 2.29. The van der Waals surface area contributed by atoms with Gasteiger partial charge in [0.1, 0.15) is 11.6 Å². The van der Waals surface area contributed by atoms with Gasteiger partial charge in [0.05, 0.1) is 17.8 Å². The topological polar surface area (TPSA) is 85.0 Å². The van der Waals surface area contributed by atoms with E-state index in [2.05, 4.69) is 35.7 Å². The van der Waals surface area contributed by atoms with Crippen LogP contribution in [0.3, 0.4) is 0 Å². The zero-order valence-electron chi connectivity index (χ0n) is 13.0. The maximum atomic E-state index is 11.6. The molecule has 0 unspecified atom stereocenters. The van der Waals surface area contributed by atoms with Crippen LogP contribution in [0.1, 0.15) is 48.2 Å². The molecule has 22 heavy (non-hydrogen) atoms. The summed E-state index contributed by atoms with van der Waals surface area (Å²) >= 11 is 0. The summed E-state index contributed by atoms with van der Waals surface area (Å²) in [6.07, 6.45) is 3.53. The molecule has 0 bridgehead atoms. The number of amides is 1. The van der Waals surface area contributed by atoms with Gasteiger partial charge in [0, 0.05) is 29.9 Å². The number of pyridine rings is 1. The maximum absolute atomic E-state index is 11.6. The van der Waals surface area contributed by atoms with Gasteiger partial charge in [-0.2, -0.15) is 0 Å². The first-order valence-corrected chi connectivity index (χ1v) is 7.21. The Morgan fingerprint density at radius 2 is 2.05 bits per heavy atom. The molecular formula is C16H19N5O. The van der Waals surface area contributed by atoms with Crippen LogP contribution in [-0.2, 0) is 18.5 Å². The molecule has 0 fully saturated rings. The van der Waals surface area contributed by atoms with Crippen LogP contribution < -0.4 is 10.6 Å². The Labute approximate surface area is 129 Å². The fourth-order valence-corrected chi connectivity index (χ4v) is 2.51. The van der Waals surface area contributed by atoms with Crippen LogP contribution in [0.25, 0.3) is 0 Å². The number of primary amides is 1. The van der Waals surface area contributed by atoms with E-state index in [0.29, 0.717) is 24.5 Å². The van der Waals surface area contributed by atoms with Gasteiger partial charge in [-0.05, 0) is 12.1 Å². The van der Waals surface area contributed by atoms with Crippen molar-refractivity contribution in [2.75, 3.05) is 4.90 Å². The highest BCUT2D eigenvalue weighted by atomic mass is 16.1. The summed E-state index contributed by atoms with van der Waals surface area (Å²) in [5.41, 5.74) is 7.82. The molecular weight excluding hydrogens is 278 g/mol. The van der Waals surface area contributed by atoms with Crippen LogP contribution in [0, 0.1) is 0 Å². The van der Waals surface area contributed by atoms with E-state index in [1.54, 1.807) is 18.3 Å². The molecule has 0 saturated carbocycles. The minimum absolute atomic E-state index is 0.0914. The van der Waals surface area contributed by atoms with Crippen LogP contribution in [0.4, 0.5) is 5.82 Å². The molecule has 1 aliphatic heterocycles. The summed E-state index contributed by atoms with van der Waals surface area (Å²) in [4.78, 5) is 27.0. The predicted molar refractivity (Wildman–Crippen MR) is 83.4 cm³/mol. The van der Waals surface area contributed by atoms with Crippen molar-refractivity contribution in [3.8, 4) is 0 Å². The largest absolute Gasteiger partial charge is 0.365 e. The molecule has 6 nitrogen and oxygen atoms in total. The summed E-state index contributed by atoms with van der Waals surface area (Å²) in [6, 6.07) is 3.41. The first kappa shape index (κ1) is 14.4. The highest BCUT2D eigenvalue weighted by molar-refractivity contribution is 5.97. The number of fused-ring (bicyclic) bond motifs is 1.